The van der Waals surface area contributed by atoms with Crippen LogP contribution in [-0.2, 0) is 15.8 Å². The number of hydrazine groups is 1. The Labute approximate surface area is 96.1 Å². The van der Waals surface area contributed by atoms with Crippen molar-refractivity contribution in [3.05, 3.63) is 28.8 Å². The molecule has 15 heavy (non-hydrogen) atoms. The highest BCUT2D eigenvalue weighted by Gasteiger charge is 2.24. The van der Waals surface area contributed by atoms with E-state index in [-0.39, 0.29) is 0 Å². The molecule has 4 nitrogen and oxygen atoms in total. The van der Waals surface area contributed by atoms with Gasteiger partial charge in [-0.25, -0.2) is 0 Å². The van der Waals surface area contributed by atoms with Gasteiger partial charge in [0.05, 0.1) is 10.4 Å². The quantitative estimate of drug-likeness (QED) is 0.485. The van der Waals surface area contributed by atoms with Crippen molar-refractivity contribution in [3.63, 3.8) is 0 Å². The molecule has 0 amide bonds. The van der Waals surface area contributed by atoms with Crippen LogP contribution >= 0.6 is 11.6 Å². The lowest BCUT2D eigenvalue weighted by Crippen LogP contribution is -2.25. The smallest absolute Gasteiger partial charge is 0.0546 e. The van der Waals surface area contributed by atoms with Crippen LogP contribution in [0.3, 0.4) is 0 Å². The molecule has 0 radical (unpaired) electrons. The average Bonchev–Trinajstić information content (AvgIpc) is 2.16. The van der Waals surface area contributed by atoms with Crippen LogP contribution in [0.2, 0.25) is 5.02 Å². The first-order valence-corrected chi connectivity index (χ1v) is 5.71. The van der Waals surface area contributed by atoms with E-state index >= 15 is 0 Å². The second kappa shape index (κ2) is 4.49. The largest absolute Gasteiger partial charge is 0.772 e. The van der Waals surface area contributed by atoms with Crippen LogP contribution in [0.25, 0.3) is 0 Å². The molecule has 0 bridgehead atoms. The highest BCUT2D eigenvalue weighted by molar-refractivity contribution is 7.80. The van der Waals surface area contributed by atoms with Crippen LogP contribution in [0, 0.1) is 0 Å². The minimum Gasteiger partial charge on any atom is -0.772 e. The molecule has 0 spiro atoms. The van der Waals surface area contributed by atoms with Crippen molar-refractivity contribution in [1.29, 1.82) is 0 Å². The second-order valence-electron chi connectivity index (χ2n) is 3.58. The predicted molar refractivity (Wildman–Crippen MR) is 61.2 cm³/mol. The van der Waals surface area contributed by atoms with Crippen molar-refractivity contribution in [1.82, 2.24) is 0 Å². The van der Waals surface area contributed by atoms with Gasteiger partial charge in [0.15, 0.2) is 0 Å². The Morgan fingerprint density at radius 1 is 1.53 bits per heavy atom. The standard InChI is InChI=1S/C9H13ClN2O2S/c1-9(2,15(13)14)7-4-3-6(10)5-8(7)12-11/h3-5,12H,11H2,1-2H3,(H,13,14)/p-1. The minimum atomic E-state index is -2.23. The van der Waals surface area contributed by atoms with Crippen LogP contribution in [-0.4, -0.2) is 8.76 Å². The fourth-order valence-electron chi connectivity index (χ4n) is 1.25. The van der Waals surface area contributed by atoms with Crippen molar-refractivity contribution >= 4 is 28.4 Å². The minimum absolute atomic E-state index is 0.499. The van der Waals surface area contributed by atoms with Crippen LogP contribution < -0.4 is 11.3 Å². The molecule has 6 heteroatoms. The highest BCUT2D eigenvalue weighted by Crippen LogP contribution is 2.33. The Bertz CT molecular complexity index is 396. The summed E-state index contributed by atoms with van der Waals surface area (Å²) in [6, 6.07) is 4.87. The first kappa shape index (κ1) is 12.4. The molecule has 3 N–H and O–H groups in total. The topological polar surface area (TPSA) is 78.2 Å². The SMILES string of the molecule is CC(C)(c1ccc(Cl)cc1NN)S(=O)[O-]. The van der Waals surface area contributed by atoms with Gasteiger partial charge in [-0.3, -0.25) is 10.1 Å². The molecule has 0 saturated heterocycles. The molecule has 0 fully saturated rings. The Morgan fingerprint density at radius 3 is 2.60 bits per heavy atom. The number of halogens is 1. The van der Waals surface area contributed by atoms with Gasteiger partial charge in [-0.2, -0.15) is 0 Å². The fourth-order valence-corrected chi connectivity index (χ4v) is 1.78. The lowest BCUT2D eigenvalue weighted by molar-refractivity contribution is 0.500. The van der Waals surface area contributed by atoms with E-state index < -0.39 is 15.8 Å². The summed E-state index contributed by atoms with van der Waals surface area (Å²) in [5.74, 6) is 5.31. The van der Waals surface area contributed by atoms with E-state index in [2.05, 4.69) is 5.43 Å². The van der Waals surface area contributed by atoms with Crippen molar-refractivity contribution in [2.24, 2.45) is 5.84 Å². The Hall–Kier alpha value is -0.620. The molecular formula is C9H12ClN2O2S-. The molecule has 0 aliphatic heterocycles. The van der Waals surface area contributed by atoms with Crippen LogP contribution in [0.1, 0.15) is 19.4 Å². The molecule has 1 rings (SSSR count). The summed E-state index contributed by atoms with van der Waals surface area (Å²) in [7, 11) is 0. The van der Waals surface area contributed by atoms with Crippen molar-refractivity contribution < 1.29 is 8.76 Å². The number of nitrogen functional groups attached to an aromatic ring is 1. The maximum Gasteiger partial charge on any atom is 0.0546 e. The normalized spacial score (nSPS) is 13.7. The van der Waals surface area contributed by atoms with Gasteiger partial charge in [0.1, 0.15) is 0 Å². The van der Waals surface area contributed by atoms with Crippen molar-refractivity contribution in [3.8, 4) is 0 Å². The monoisotopic (exact) mass is 247 g/mol. The maximum atomic E-state index is 11.1. The second-order valence-corrected chi connectivity index (χ2v) is 5.51. The summed E-state index contributed by atoms with van der Waals surface area (Å²) in [6.07, 6.45) is 0. The molecule has 0 aliphatic carbocycles. The maximum absolute atomic E-state index is 11.1. The van der Waals surface area contributed by atoms with Crippen LogP contribution in [0.5, 0.6) is 0 Å². The van der Waals surface area contributed by atoms with Gasteiger partial charge in [-0.15, -0.1) is 0 Å². The number of hydrogen-bond acceptors (Lipinski definition) is 4. The van der Waals surface area contributed by atoms with Gasteiger partial charge in [-0.05, 0) is 42.6 Å². The van der Waals surface area contributed by atoms with E-state index in [9.17, 15) is 8.76 Å². The van der Waals surface area contributed by atoms with E-state index in [0.29, 0.717) is 16.3 Å². The molecule has 0 aliphatic rings. The van der Waals surface area contributed by atoms with Crippen LogP contribution in [0.4, 0.5) is 5.69 Å². The lowest BCUT2D eigenvalue weighted by Gasteiger charge is -2.29. The zero-order valence-electron chi connectivity index (χ0n) is 8.41. The van der Waals surface area contributed by atoms with Crippen LogP contribution in [0.15, 0.2) is 18.2 Å². The molecule has 1 atom stereocenters. The van der Waals surface area contributed by atoms with Crippen molar-refractivity contribution in [2.75, 3.05) is 5.43 Å². The van der Waals surface area contributed by atoms with E-state index in [1.165, 1.54) is 0 Å². The summed E-state index contributed by atoms with van der Waals surface area (Å²) < 4.78 is 21.1. The fraction of sp³-hybridized carbons (Fsp3) is 0.333. The van der Waals surface area contributed by atoms with E-state index in [4.69, 9.17) is 17.4 Å². The van der Waals surface area contributed by atoms with Gasteiger partial charge >= 0.3 is 0 Å². The number of nitrogens with two attached hydrogens (primary N) is 1. The van der Waals surface area contributed by atoms with Gasteiger partial charge in [0.25, 0.3) is 0 Å². The molecule has 0 heterocycles. The number of rotatable bonds is 3. The van der Waals surface area contributed by atoms with Crippen molar-refractivity contribution in [2.45, 2.75) is 18.6 Å². The molecule has 0 aromatic heterocycles. The third kappa shape index (κ3) is 2.49. The Balaban J connectivity index is 3.31. The first-order valence-electron chi connectivity index (χ1n) is 4.25. The third-order valence-electron chi connectivity index (χ3n) is 2.20. The van der Waals surface area contributed by atoms with E-state index in [0.717, 1.165) is 0 Å². The Morgan fingerprint density at radius 2 is 2.13 bits per heavy atom. The first-order chi connectivity index (χ1) is 6.89. The number of anilines is 1. The number of hydrogen-bond donors (Lipinski definition) is 2. The summed E-state index contributed by atoms with van der Waals surface area (Å²) in [5, 5.41) is 0.499. The molecule has 1 aromatic carbocycles. The molecular weight excluding hydrogens is 236 g/mol. The molecule has 1 unspecified atom stereocenters. The van der Waals surface area contributed by atoms with Gasteiger partial charge < -0.3 is 9.98 Å². The van der Waals surface area contributed by atoms with Gasteiger partial charge in [0, 0.05) is 5.02 Å². The zero-order chi connectivity index (χ0) is 11.6. The van der Waals surface area contributed by atoms with Gasteiger partial charge in [-0.1, -0.05) is 17.7 Å². The van der Waals surface area contributed by atoms with Gasteiger partial charge in [0.2, 0.25) is 0 Å². The molecule has 0 saturated carbocycles. The van der Waals surface area contributed by atoms with E-state index in [1.807, 2.05) is 0 Å². The molecule has 84 valence electrons. The summed E-state index contributed by atoms with van der Waals surface area (Å²) in [6.45, 7) is 3.19. The third-order valence-corrected chi connectivity index (χ3v) is 3.49. The summed E-state index contributed by atoms with van der Waals surface area (Å²) >= 11 is 3.54. The van der Waals surface area contributed by atoms with E-state index in [1.54, 1.807) is 32.0 Å². The highest BCUT2D eigenvalue weighted by atomic mass is 35.5. The predicted octanol–water partition coefficient (Wildman–Crippen LogP) is 1.74. The number of benzene rings is 1. The summed E-state index contributed by atoms with van der Waals surface area (Å²) in [5.41, 5.74) is 3.54. The lowest BCUT2D eigenvalue weighted by atomic mass is 10.0. The Kier molecular flexibility index (Phi) is 3.72. The number of nitrogens with one attached hydrogen (secondary N) is 1. The summed E-state index contributed by atoms with van der Waals surface area (Å²) in [4.78, 5) is 0. The average molecular weight is 248 g/mol. The zero-order valence-corrected chi connectivity index (χ0v) is 9.98. The molecule has 1 aromatic rings.